The first kappa shape index (κ1) is 7.35. The van der Waals surface area contributed by atoms with Crippen LogP contribution in [0.1, 0.15) is 33.1 Å². The first-order chi connectivity index (χ1) is 4.98. The van der Waals surface area contributed by atoms with E-state index in [1.165, 1.54) is 18.4 Å². The van der Waals surface area contributed by atoms with Crippen molar-refractivity contribution in [3.63, 3.8) is 0 Å². The Morgan fingerprint density at radius 2 is 2.18 bits per heavy atom. The molecule has 0 aromatic rings. The van der Waals surface area contributed by atoms with Crippen molar-refractivity contribution < 1.29 is 0 Å². The summed E-state index contributed by atoms with van der Waals surface area (Å²) in [4.78, 5) is 0. The Morgan fingerprint density at radius 1 is 1.55 bits per heavy atom. The van der Waals surface area contributed by atoms with Gasteiger partial charge >= 0.3 is 0 Å². The number of hydrogen-bond donors (Lipinski definition) is 1. The van der Waals surface area contributed by atoms with Crippen molar-refractivity contribution in [2.75, 3.05) is 0 Å². The normalized spacial score (nSPS) is 46.8. The summed E-state index contributed by atoms with van der Waals surface area (Å²) in [6.07, 6.45) is 3.63. The number of nitrogens with two attached hydrogens (primary N) is 1. The van der Waals surface area contributed by atoms with E-state index < -0.39 is 0 Å². The molecule has 2 bridgehead atoms. The molecule has 2 atom stereocenters. The molecule has 2 aliphatic rings. The minimum absolute atomic E-state index is 0.0301. The molecule has 2 saturated carbocycles. The zero-order chi connectivity index (χ0) is 8.28. The van der Waals surface area contributed by atoms with Crippen molar-refractivity contribution in [2.24, 2.45) is 17.1 Å². The summed E-state index contributed by atoms with van der Waals surface area (Å²) in [7, 11) is 0. The molecule has 0 aromatic carbocycles. The molecule has 0 heterocycles. The van der Waals surface area contributed by atoms with E-state index in [4.69, 9.17) is 5.73 Å². The molecule has 62 valence electrons. The molecule has 2 N–H and O–H groups in total. The quantitative estimate of drug-likeness (QED) is 0.527. The van der Waals surface area contributed by atoms with E-state index in [-0.39, 0.29) is 5.54 Å². The third-order valence-electron chi connectivity index (χ3n) is 4.18. The zero-order valence-electron chi connectivity index (χ0n) is 7.48. The lowest BCUT2D eigenvalue weighted by atomic mass is 9.76. The van der Waals surface area contributed by atoms with Crippen LogP contribution in [0.2, 0.25) is 0 Å². The number of hydrogen-bond acceptors (Lipinski definition) is 1. The summed E-state index contributed by atoms with van der Waals surface area (Å²) in [5.74, 6) is 0.806. The fraction of sp³-hybridized carbons (Fsp3) is 0.800. The number of fused-ring (bicyclic) bond motifs is 2. The van der Waals surface area contributed by atoms with Gasteiger partial charge in [-0.3, -0.25) is 0 Å². The van der Waals surface area contributed by atoms with Gasteiger partial charge in [-0.1, -0.05) is 26.0 Å². The second kappa shape index (κ2) is 1.71. The maximum atomic E-state index is 6.32. The SMILES string of the molecule is C=C1CC2CCC1(N)C2(C)C. The summed E-state index contributed by atoms with van der Waals surface area (Å²) >= 11 is 0. The maximum absolute atomic E-state index is 6.32. The van der Waals surface area contributed by atoms with E-state index in [0.29, 0.717) is 5.41 Å². The van der Waals surface area contributed by atoms with Crippen LogP contribution in [-0.4, -0.2) is 5.54 Å². The highest BCUT2D eigenvalue weighted by Crippen LogP contribution is 2.60. The fourth-order valence-electron chi connectivity index (χ4n) is 2.92. The molecule has 11 heavy (non-hydrogen) atoms. The second-order valence-electron chi connectivity index (χ2n) is 4.74. The first-order valence-electron chi connectivity index (χ1n) is 4.45. The molecular weight excluding hydrogens is 134 g/mol. The summed E-state index contributed by atoms with van der Waals surface area (Å²) in [6, 6.07) is 0. The Hall–Kier alpha value is -0.300. The van der Waals surface area contributed by atoms with Gasteiger partial charge in [0, 0.05) is 5.54 Å². The Kier molecular flexibility index (Phi) is 1.15. The average molecular weight is 151 g/mol. The monoisotopic (exact) mass is 151 g/mol. The van der Waals surface area contributed by atoms with Crippen LogP contribution in [-0.2, 0) is 0 Å². The topological polar surface area (TPSA) is 26.0 Å². The van der Waals surface area contributed by atoms with Crippen molar-refractivity contribution >= 4 is 0 Å². The van der Waals surface area contributed by atoms with Crippen molar-refractivity contribution in [3.8, 4) is 0 Å². The van der Waals surface area contributed by atoms with Gasteiger partial charge in [-0.25, -0.2) is 0 Å². The Labute approximate surface area is 68.7 Å². The van der Waals surface area contributed by atoms with Crippen molar-refractivity contribution in [1.29, 1.82) is 0 Å². The van der Waals surface area contributed by atoms with Gasteiger partial charge < -0.3 is 5.73 Å². The molecular formula is C10H17N. The van der Waals surface area contributed by atoms with E-state index in [2.05, 4.69) is 20.4 Å². The molecule has 0 spiro atoms. The molecule has 2 aliphatic carbocycles. The minimum atomic E-state index is -0.0301. The van der Waals surface area contributed by atoms with E-state index in [0.717, 1.165) is 12.3 Å². The van der Waals surface area contributed by atoms with E-state index >= 15 is 0 Å². The van der Waals surface area contributed by atoms with E-state index in [9.17, 15) is 0 Å². The Balaban J connectivity index is 2.47. The van der Waals surface area contributed by atoms with Crippen LogP contribution in [0.5, 0.6) is 0 Å². The molecule has 2 rings (SSSR count). The van der Waals surface area contributed by atoms with Crippen LogP contribution in [0.15, 0.2) is 12.2 Å². The molecule has 0 aliphatic heterocycles. The van der Waals surface area contributed by atoms with Gasteiger partial charge in [0.05, 0.1) is 0 Å². The second-order valence-corrected chi connectivity index (χ2v) is 4.74. The highest BCUT2D eigenvalue weighted by Gasteiger charge is 2.58. The van der Waals surface area contributed by atoms with Gasteiger partial charge in [-0.05, 0) is 30.6 Å². The van der Waals surface area contributed by atoms with Gasteiger partial charge in [0.2, 0.25) is 0 Å². The lowest BCUT2D eigenvalue weighted by Crippen LogP contribution is -2.47. The standard InChI is InChI=1S/C10H17N/c1-7-6-8-4-5-10(7,11)9(8,2)3/h8H,1,4-6,11H2,2-3H3. The molecule has 1 heteroatoms. The molecule has 0 amide bonds. The Bertz CT molecular complexity index is 217. The predicted molar refractivity (Wildman–Crippen MR) is 47.2 cm³/mol. The Morgan fingerprint density at radius 3 is 2.36 bits per heavy atom. The molecule has 0 aromatic heterocycles. The summed E-state index contributed by atoms with van der Waals surface area (Å²) in [6.45, 7) is 8.67. The van der Waals surface area contributed by atoms with Gasteiger partial charge in [0.25, 0.3) is 0 Å². The van der Waals surface area contributed by atoms with Crippen LogP contribution >= 0.6 is 0 Å². The summed E-state index contributed by atoms with van der Waals surface area (Å²) in [5, 5.41) is 0. The molecule has 2 fully saturated rings. The van der Waals surface area contributed by atoms with Crippen LogP contribution < -0.4 is 5.73 Å². The van der Waals surface area contributed by atoms with E-state index in [1.807, 2.05) is 0 Å². The highest BCUT2D eigenvalue weighted by molar-refractivity contribution is 5.32. The lowest BCUT2D eigenvalue weighted by Gasteiger charge is -2.34. The third kappa shape index (κ3) is 0.610. The van der Waals surface area contributed by atoms with E-state index in [1.54, 1.807) is 0 Å². The highest BCUT2D eigenvalue weighted by atomic mass is 14.9. The molecule has 2 unspecified atom stereocenters. The molecule has 1 nitrogen and oxygen atoms in total. The van der Waals surface area contributed by atoms with Crippen LogP contribution in [0, 0.1) is 11.3 Å². The number of rotatable bonds is 0. The van der Waals surface area contributed by atoms with Crippen LogP contribution in [0.3, 0.4) is 0 Å². The average Bonchev–Trinajstić information content (AvgIpc) is 2.20. The van der Waals surface area contributed by atoms with Crippen molar-refractivity contribution in [3.05, 3.63) is 12.2 Å². The van der Waals surface area contributed by atoms with Gasteiger partial charge in [-0.2, -0.15) is 0 Å². The third-order valence-corrected chi connectivity index (χ3v) is 4.18. The molecule has 0 saturated heterocycles. The van der Waals surface area contributed by atoms with Crippen molar-refractivity contribution in [2.45, 2.75) is 38.6 Å². The van der Waals surface area contributed by atoms with Crippen LogP contribution in [0.4, 0.5) is 0 Å². The lowest BCUT2D eigenvalue weighted by molar-refractivity contribution is 0.235. The van der Waals surface area contributed by atoms with Gasteiger partial charge in [0.1, 0.15) is 0 Å². The van der Waals surface area contributed by atoms with Gasteiger partial charge in [0.15, 0.2) is 0 Å². The van der Waals surface area contributed by atoms with Crippen LogP contribution in [0.25, 0.3) is 0 Å². The van der Waals surface area contributed by atoms with Crippen molar-refractivity contribution in [1.82, 2.24) is 0 Å². The smallest absolute Gasteiger partial charge is 0.0421 e. The summed E-state index contributed by atoms with van der Waals surface area (Å²) < 4.78 is 0. The zero-order valence-corrected chi connectivity index (χ0v) is 7.48. The molecule has 0 radical (unpaired) electrons. The minimum Gasteiger partial charge on any atom is -0.321 e. The first-order valence-corrected chi connectivity index (χ1v) is 4.45. The largest absolute Gasteiger partial charge is 0.321 e. The van der Waals surface area contributed by atoms with Gasteiger partial charge in [-0.15, -0.1) is 0 Å². The summed E-state index contributed by atoms with van der Waals surface area (Å²) in [5.41, 5.74) is 7.89. The fourth-order valence-corrected chi connectivity index (χ4v) is 2.92. The maximum Gasteiger partial charge on any atom is 0.0421 e. The predicted octanol–water partition coefficient (Wildman–Crippen LogP) is 2.08.